The van der Waals surface area contributed by atoms with Gasteiger partial charge in [0.2, 0.25) is 0 Å². The zero-order chi connectivity index (χ0) is 13.4. The van der Waals surface area contributed by atoms with E-state index in [9.17, 15) is 17.6 Å². The van der Waals surface area contributed by atoms with Crippen molar-refractivity contribution >= 4 is 11.6 Å². The minimum Gasteiger partial charge on any atom is -0.207 e. The maximum absolute atomic E-state index is 12.3. The maximum atomic E-state index is 12.3. The Morgan fingerprint density at radius 1 is 1.00 bits per heavy atom. The number of benzene rings is 1. The summed E-state index contributed by atoms with van der Waals surface area (Å²) in [5.41, 5.74) is -1.02. The van der Waals surface area contributed by atoms with Crippen molar-refractivity contribution in [3.05, 3.63) is 34.6 Å². The minimum atomic E-state index is -4.52. The molecule has 0 unspecified atom stereocenters. The SMILES string of the molecule is CC.CC.Fc1ccc(C(F)(F)F)c(Cl)c1. The van der Waals surface area contributed by atoms with Gasteiger partial charge in [0, 0.05) is 0 Å². The van der Waals surface area contributed by atoms with Crippen molar-refractivity contribution in [1.29, 1.82) is 0 Å². The summed E-state index contributed by atoms with van der Waals surface area (Å²) in [5, 5.41) is -0.623. The second-order valence-corrected chi connectivity index (χ2v) is 2.53. The topological polar surface area (TPSA) is 0 Å². The van der Waals surface area contributed by atoms with Gasteiger partial charge in [-0.2, -0.15) is 13.2 Å². The molecule has 0 heterocycles. The van der Waals surface area contributed by atoms with E-state index in [0.29, 0.717) is 18.2 Å². The van der Waals surface area contributed by atoms with Crippen LogP contribution in [-0.4, -0.2) is 0 Å². The summed E-state index contributed by atoms with van der Waals surface area (Å²) < 4.78 is 48.2. The second kappa shape index (κ2) is 8.39. The molecule has 94 valence electrons. The highest BCUT2D eigenvalue weighted by Crippen LogP contribution is 2.34. The fourth-order valence-corrected chi connectivity index (χ4v) is 0.994. The van der Waals surface area contributed by atoms with E-state index in [-0.39, 0.29) is 0 Å². The Labute approximate surface area is 98.2 Å². The van der Waals surface area contributed by atoms with Gasteiger partial charge in [-0.3, -0.25) is 0 Å². The summed E-state index contributed by atoms with van der Waals surface area (Å²) in [7, 11) is 0. The number of alkyl halides is 3. The van der Waals surface area contributed by atoms with Crippen molar-refractivity contribution in [3.8, 4) is 0 Å². The van der Waals surface area contributed by atoms with Crippen LogP contribution in [0.2, 0.25) is 5.02 Å². The van der Waals surface area contributed by atoms with E-state index in [0.717, 1.165) is 0 Å². The van der Waals surface area contributed by atoms with Crippen LogP contribution < -0.4 is 0 Å². The lowest BCUT2D eigenvalue weighted by Gasteiger charge is -2.07. The van der Waals surface area contributed by atoms with Gasteiger partial charge in [-0.15, -0.1) is 0 Å². The van der Waals surface area contributed by atoms with Crippen LogP contribution in [0.3, 0.4) is 0 Å². The monoisotopic (exact) mass is 258 g/mol. The number of halogens is 5. The van der Waals surface area contributed by atoms with E-state index in [1.807, 2.05) is 27.7 Å². The first-order valence-electron chi connectivity index (χ1n) is 4.93. The second-order valence-electron chi connectivity index (χ2n) is 2.12. The molecule has 0 aliphatic rings. The molecule has 0 aromatic heterocycles. The third-order valence-corrected chi connectivity index (χ3v) is 1.55. The smallest absolute Gasteiger partial charge is 0.207 e. The molecule has 0 N–H and O–H groups in total. The fraction of sp³-hybridized carbons (Fsp3) is 0.455. The average Bonchev–Trinajstić information content (AvgIpc) is 2.21. The summed E-state index contributed by atoms with van der Waals surface area (Å²) >= 11 is 5.15. The van der Waals surface area contributed by atoms with E-state index in [1.54, 1.807) is 0 Å². The normalized spacial score (nSPS) is 9.56. The first-order valence-corrected chi connectivity index (χ1v) is 5.31. The number of hydrogen-bond donors (Lipinski definition) is 0. The van der Waals surface area contributed by atoms with E-state index in [4.69, 9.17) is 11.6 Å². The molecular formula is C11H15ClF4. The van der Waals surface area contributed by atoms with Gasteiger partial charge in [0.15, 0.2) is 0 Å². The molecule has 0 fully saturated rings. The lowest BCUT2D eigenvalue weighted by molar-refractivity contribution is -0.137. The van der Waals surface area contributed by atoms with Gasteiger partial charge in [-0.05, 0) is 18.2 Å². The highest BCUT2D eigenvalue weighted by molar-refractivity contribution is 6.31. The van der Waals surface area contributed by atoms with E-state index >= 15 is 0 Å². The number of hydrogen-bond acceptors (Lipinski definition) is 0. The van der Waals surface area contributed by atoms with Crippen LogP contribution in [0.5, 0.6) is 0 Å². The Bertz CT molecular complexity index is 295. The first-order chi connectivity index (χ1) is 7.41. The van der Waals surface area contributed by atoms with Gasteiger partial charge in [0.25, 0.3) is 0 Å². The number of rotatable bonds is 0. The van der Waals surface area contributed by atoms with Crippen LogP contribution >= 0.6 is 11.6 Å². The third-order valence-electron chi connectivity index (χ3n) is 1.24. The molecule has 0 amide bonds. The zero-order valence-corrected chi connectivity index (χ0v) is 10.4. The van der Waals surface area contributed by atoms with Crippen LogP contribution in [0.15, 0.2) is 18.2 Å². The van der Waals surface area contributed by atoms with Crippen molar-refractivity contribution in [3.63, 3.8) is 0 Å². The highest BCUT2D eigenvalue weighted by atomic mass is 35.5. The van der Waals surface area contributed by atoms with Gasteiger partial charge < -0.3 is 0 Å². The molecule has 1 rings (SSSR count). The van der Waals surface area contributed by atoms with Crippen molar-refractivity contribution < 1.29 is 17.6 Å². The molecule has 5 heteroatoms. The summed E-state index contributed by atoms with van der Waals surface area (Å²) in [4.78, 5) is 0. The van der Waals surface area contributed by atoms with E-state index < -0.39 is 22.6 Å². The summed E-state index contributed by atoms with van der Waals surface area (Å²) in [6, 6.07) is 1.96. The molecule has 1 aromatic carbocycles. The van der Waals surface area contributed by atoms with Gasteiger partial charge in [0.1, 0.15) is 5.82 Å². The van der Waals surface area contributed by atoms with Crippen molar-refractivity contribution in [2.75, 3.05) is 0 Å². The third kappa shape index (κ3) is 5.95. The Morgan fingerprint density at radius 2 is 1.44 bits per heavy atom. The fourth-order valence-electron chi connectivity index (χ4n) is 0.719. The van der Waals surface area contributed by atoms with Crippen LogP contribution in [0.4, 0.5) is 17.6 Å². The van der Waals surface area contributed by atoms with E-state index in [1.165, 1.54) is 0 Å². The first kappa shape index (κ1) is 17.6. The Hall–Kier alpha value is -0.770. The molecule has 0 spiro atoms. The Morgan fingerprint density at radius 3 is 1.75 bits per heavy atom. The molecule has 0 bridgehead atoms. The zero-order valence-electron chi connectivity index (χ0n) is 9.62. The molecule has 1 aromatic rings. The van der Waals surface area contributed by atoms with Crippen molar-refractivity contribution in [2.45, 2.75) is 33.9 Å². The van der Waals surface area contributed by atoms with Crippen LogP contribution in [0, 0.1) is 5.82 Å². The molecular weight excluding hydrogens is 244 g/mol. The van der Waals surface area contributed by atoms with Gasteiger partial charge >= 0.3 is 6.18 Å². The maximum Gasteiger partial charge on any atom is 0.417 e. The quantitative estimate of drug-likeness (QED) is 0.535. The standard InChI is InChI=1S/C7H3ClF4.2C2H6/c8-6-3-4(9)1-2-5(6)7(10,11)12;2*1-2/h1-3H;2*1-2H3. The molecule has 0 atom stereocenters. The lowest BCUT2D eigenvalue weighted by atomic mass is 10.2. The molecule has 0 radical (unpaired) electrons. The summed E-state index contributed by atoms with van der Waals surface area (Å²) in [6.45, 7) is 8.00. The van der Waals surface area contributed by atoms with Gasteiger partial charge in [-0.1, -0.05) is 39.3 Å². The van der Waals surface area contributed by atoms with Crippen molar-refractivity contribution in [2.24, 2.45) is 0 Å². The Balaban J connectivity index is 0. The van der Waals surface area contributed by atoms with Crippen LogP contribution in [0.25, 0.3) is 0 Å². The van der Waals surface area contributed by atoms with Crippen LogP contribution in [-0.2, 0) is 6.18 Å². The van der Waals surface area contributed by atoms with Crippen LogP contribution in [0.1, 0.15) is 33.3 Å². The van der Waals surface area contributed by atoms with E-state index in [2.05, 4.69) is 0 Å². The lowest BCUT2D eigenvalue weighted by Crippen LogP contribution is -2.05. The molecule has 0 aliphatic carbocycles. The Kier molecular flexibility index (Phi) is 9.24. The summed E-state index contributed by atoms with van der Waals surface area (Å²) in [5.74, 6) is -0.784. The highest BCUT2D eigenvalue weighted by Gasteiger charge is 2.32. The minimum absolute atomic E-state index is 0.609. The molecule has 0 aliphatic heterocycles. The largest absolute Gasteiger partial charge is 0.417 e. The molecule has 0 nitrogen and oxygen atoms in total. The predicted molar refractivity (Wildman–Crippen MR) is 59.1 cm³/mol. The molecule has 0 saturated heterocycles. The molecule has 0 saturated carbocycles. The molecule has 16 heavy (non-hydrogen) atoms. The average molecular weight is 259 g/mol. The summed E-state index contributed by atoms with van der Waals surface area (Å²) in [6.07, 6.45) is -4.52. The van der Waals surface area contributed by atoms with Crippen molar-refractivity contribution in [1.82, 2.24) is 0 Å². The van der Waals surface area contributed by atoms with Gasteiger partial charge in [-0.25, -0.2) is 4.39 Å². The van der Waals surface area contributed by atoms with Gasteiger partial charge in [0.05, 0.1) is 10.6 Å². The predicted octanol–water partition coefficient (Wildman–Crippen LogP) is 5.55.